The maximum absolute atomic E-state index is 14.2. The fourth-order valence-electron chi connectivity index (χ4n) is 3.71. The minimum atomic E-state index is -1.37. The number of hydrogen-bond donors (Lipinski definition) is 3. The van der Waals surface area contributed by atoms with Crippen LogP contribution >= 0.6 is 11.6 Å². The number of amides is 1. The van der Waals surface area contributed by atoms with Gasteiger partial charge in [-0.25, -0.2) is 9.18 Å². The second kappa shape index (κ2) is 11.7. The molecule has 0 saturated carbocycles. The van der Waals surface area contributed by atoms with Crippen molar-refractivity contribution in [2.45, 2.75) is 65.0 Å². The number of carboxylic acid groups (broad SMARTS) is 1. The van der Waals surface area contributed by atoms with E-state index in [9.17, 15) is 24.2 Å². The molecular weight excluding hydrogens is 461 g/mol. The molecule has 2 aromatic rings. The summed E-state index contributed by atoms with van der Waals surface area (Å²) in [6, 6.07) is 11.1. The van der Waals surface area contributed by atoms with Crippen LogP contribution in [0.3, 0.4) is 0 Å². The van der Waals surface area contributed by atoms with Crippen molar-refractivity contribution in [1.29, 1.82) is 0 Å². The molecule has 1 unspecified atom stereocenters. The van der Waals surface area contributed by atoms with Gasteiger partial charge in [-0.1, -0.05) is 42.8 Å². The van der Waals surface area contributed by atoms with Crippen LogP contribution in [0.15, 0.2) is 42.5 Å². The second-order valence-corrected chi connectivity index (χ2v) is 9.94. The Kier molecular flexibility index (Phi) is 9.47. The van der Waals surface area contributed by atoms with Crippen LogP contribution in [0.1, 0.15) is 52.5 Å². The number of benzene rings is 2. The van der Waals surface area contributed by atoms with Crippen molar-refractivity contribution >= 4 is 23.7 Å². The number of nitrogens with one attached hydrogen (secondary N) is 1. The summed E-state index contributed by atoms with van der Waals surface area (Å²) in [6.07, 6.45) is 0.589. The van der Waals surface area contributed by atoms with Crippen LogP contribution in [-0.4, -0.2) is 40.5 Å². The van der Waals surface area contributed by atoms with E-state index in [1.165, 1.54) is 12.1 Å². The number of halogens is 2. The molecule has 8 heteroatoms. The minimum Gasteiger partial charge on any atom is -0.481 e. The highest BCUT2D eigenvalue weighted by molar-refractivity contribution is 6.30. The van der Waals surface area contributed by atoms with Gasteiger partial charge in [-0.2, -0.15) is 0 Å². The monoisotopic (exact) mass is 493 g/mol. The van der Waals surface area contributed by atoms with E-state index in [1.807, 2.05) is 12.1 Å². The van der Waals surface area contributed by atoms with Crippen molar-refractivity contribution in [2.75, 3.05) is 6.61 Å². The molecule has 0 aliphatic carbocycles. The molecule has 0 radical (unpaired) electrons. The first-order valence-corrected chi connectivity index (χ1v) is 11.6. The van der Waals surface area contributed by atoms with Gasteiger partial charge in [-0.15, -0.1) is 0 Å². The fraction of sp³-hybridized carbons (Fsp3) is 0.462. The summed E-state index contributed by atoms with van der Waals surface area (Å²) in [5.41, 5.74) is -0.0492. The molecule has 2 aromatic carbocycles. The van der Waals surface area contributed by atoms with Crippen LogP contribution in [0.25, 0.3) is 11.1 Å². The fourth-order valence-corrected chi connectivity index (χ4v) is 3.88. The van der Waals surface area contributed by atoms with Gasteiger partial charge < -0.3 is 20.3 Å². The van der Waals surface area contributed by atoms with Crippen LogP contribution in [-0.2, 0) is 16.0 Å². The van der Waals surface area contributed by atoms with E-state index in [0.29, 0.717) is 29.0 Å². The first-order chi connectivity index (χ1) is 15.9. The third kappa shape index (κ3) is 7.71. The number of hydrogen-bond acceptors (Lipinski definition) is 4. The predicted octanol–water partition coefficient (Wildman–Crippen LogP) is 5.84. The van der Waals surface area contributed by atoms with Gasteiger partial charge in [0.05, 0.1) is 12.0 Å². The van der Waals surface area contributed by atoms with Crippen molar-refractivity contribution < 1.29 is 28.9 Å². The number of carbonyl (C=O) groups is 2. The van der Waals surface area contributed by atoms with Gasteiger partial charge in [0.25, 0.3) is 0 Å². The summed E-state index contributed by atoms with van der Waals surface area (Å²) in [4.78, 5) is 24.3. The van der Waals surface area contributed by atoms with Crippen LogP contribution in [0.4, 0.5) is 9.18 Å². The van der Waals surface area contributed by atoms with E-state index in [1.54, 1.807) is 45.9 Å². The third-order valence-corrected chi connectivity index (χ3v) is 6.00. The highest BCUT2D eigenvalue weighted by Gasteiger charge is 2.39. The molecule has 0 aliphatic rings. The second-order valence-electron chi connectivity index (χ2n) is 9.50. The topological polar surface area (TPSA) is 95.9 Å². The van der Waals surface area contributed by atoms with Gasteiger partial charge in [0, 0.05) is 16.6 Å². The molecule has 2 rings (SSSR count). The van der Waals surface area contributed by atoms with Gasteiger partial charge in [0.2, 0.25) is 0 Å². The number of ether oxygens (including phenoxy) is 1. The van der Waals surface area contributed by atoms with Crippen molar-refractivity contribution in [3.63, 3.8) is 0 Å². The summed E-state index contributed by atoms with van der Waals surface area (Å²) in [6.45, 7) is 6.39. The van der Waals surface area contributed by atoms with Gasteiger partial charge in [0.15, 0.2) is 0 Å². The van der Waals surface area contributed by atoms with Crippen LogP contribution in [0, 0.1) is 11.2 Å². The van der Waals surface area contributed by atoms with E-state index in [2.05, 4.69) is 5.32 Å². The number of rotatable bonds is 10. The van der Waals surface area contributed by atoms with Crippen LogP contribution in [0.5, 0.6) is 0 Å². The number of aliphatic hydroxyl groups excluding tert-OH is 1. The Bertz CT molecular complexity index is 984. The van der Waals surface area contributed by atoms with Gasteiger partial charge in [-0.05, 0) is 75.8 Å². The number of alkyl carbamates (subject to hydrolysis) is 1. The Morgan fingerprint density at radius 2 is 1.79 bits per heavy atom. The Balaban J connectivity index is 2.17. The zero-order valence-electron chi connectivity index (χ0n) is 20.0. The summed E-state index contributed by atoms with van der Waals surface area (Å²) >= 11 is 5.99. The van der Waals surface area contributed by atoms with Crippen molar-refractivity contribution in [2.24, 2.45) is 5.41 Å². The Morgan fingerprint density at radius 1 is 1.15 bits per heavy atom. The van der Waals surface area contributed by atoms with Gasteiger partial charge in [-0.3, -0.25) is 4.79 Å². The lowest BCUT2D eigenvalue weighted by atomic mass is 9.78. The first-order valence-electron chi connectivity index (χ1n) is 11.3. The maximum Gasteiger partial charge on any atom is 0.407 e. The normalized spacial score (nSPS) is 14.2. The Hall–Kier alpha value is -2.64. The predicted molar refractivity (Wildman–Crippen MR) is 130 cm³/mol. The molecule has 0 saturated heterocycles. The lowest BCUT2D eigenvalue weighted by Gasteiger charge is -2.31. The zero-order valence-corrected chi connectivity index (χ0v) is 20.8. The quantitative estimate of drug-likeness (QED) is 0.386. The maximum atomic E-state index is 14.2. The highest BCUT2D eigenvalue weighted by Crippen LogP contribution is 2.30. The largest absolute Gasteiger partial charge is 0.481 e. The molecule has 1 amide bonds. The molecular formula is C26H33ClFNO5. The average Bonchev–Trinajstić information content (AvgIpc) is 2.76. The van der Waals surface area contributed by atoms with E-state index in [-0.39, 0.29) is 18.7 Å². The number of aliphatic hydroxyl groups is 1. The Morgan fingerprint density at radius 3 is 2.32 bits per heavy atom. The standard InChI is InChI=1S/C26H33ClFNO5/c1-5-26(16-30,23(31)32)15-20(29-24(33)34-25(2,3)4)12-8-17-6-9-18(10-7-17)21-14-19(27)11-13-22(21)28/h6-7,9-11,13-14,20,30H,5,8,12,15-16H2,1-4H3,(H,29,33)(H,31,32)/t20-,26?/m1/s1. The minimum absolute atomic E-state index is 0.0559. The van der Waals surface area contributed by atoms with Crippen LogP contribution < -0.4 is 5.32 Å². The van der Waals surface area contributed by atoms with E-state index >= 15 is 0 Å². The smallest absolute Gasteiger partial charge is 0.407 e. The number of aliphatic carboxylic acids is 1. The first kappa shape index (κ1) is 27.6. The molecule has 0 fully saturated rings. The van der Waals surface area contributed by atoms with Crippen molar-refractivity contribution in [3.8, 4) is 11.1 Å². The van der Waals surface area contributed by atoms with E-state index in [4.69, 9.17) is 16.3 Å². The summed E-state index contributed by atoms with van der Waals surface area (Å²) in [5.74, 6) is -1.48. The molecule has 0 aromatic heterocycles. The molecule has 186 valence electrons. The van der Waals surface area contributed by atoms with Gasteiger partial charge >= 0.3 is 12.1 Å². The molecule has 3 N–H and O–H groups in total. The van der Waals surface area contributed by atoms with Gasteiger partial charge in [0.1, 0.15) is 11.4 Å². The average molecular weight is 494 g/mol. The number of carboxylic acids is 1. The third-order valence-electron chi connectivity index (χ3n) is 5.77. The molecule has 0 aliphatic heterocycles. The van der Waals surface area contributed by atoms with E-state index < -0.39 is 35.7 Å². The summed E-state index contributed by atoms with van der Waals surface area (Å²) < 4.78 is 19.5. The SMILES string of the molecule is CCC(CO)(C[C@@H](CCc1ccc(-c2cc(Cl)ccc2F)cc1)NC(=O)OC(C)(C)C)C(=O)O. The molecule has 0 bridgehead atoms. The highest BCUT2D eigenvalue weighted by atomic mass is 35.5. The van der Waals surface area contributed by atoms with Crippen molar-refractivity contribution in [3.05, 3.63) is 58.9 Å². The van der Waals surface area contributed by atoms with Crippen LogP contribution in [0.2, 0.25) is 5.02 Å². The summed E-state index contributed by atoms with van der Waals surface area (Å²) in [5, 5.41) is 22.7. The molecule has 6 nitrogen and oxygen atoms in total. The zero-order chi connectivity index (χ0) is 25.5. The lowest BCUT2D eigenvalue weighted by molar-refractivity contribution is -0.153. The molecule has 34 heavy (non-hydrogen) atoms. The molecule has 2 atom stereocenters. The molecule has 0 spiro atoms. The lowest BCUT2D eigenvalue weighted by Crippen LogP contribution is -2.45. The molecule has 0 heterocycles. The summed E-state index contributed by atoms with van der Waals surface area (Å²) in [7, 11) is 0. The van der Waals surface area contributed by atoms with Crippen molar-refractivity contribution in [1.82, 2.24) is 5.32 Å². The van der Waals surface area contributed by atoms with E-state index in [0.717, 1.165) is 5.56 Å². The Labute approximate surface area is 205 Å². The number of aryl methyl sites for hydroxylation is 1. The number of carbonyl (C=O) groups excluding carboxylic acids is 1.